The lowest BCUT2D eigenvalue weighted by Crippen LogP contribution is -2.49. The number of carbonyl (C=O) groups excluding carboxylic acids is 2. The summed E-state index contributed by atoms with van der Waals surface area (Å²) in [6.07, 6.45) is 0. The fourth-order valence-corrected chi connectivity index (χ4v) is 5.27. The third-order valence-corrected chi connectivity index (χ3v) is 7.36. The number of benzene rings is 2. The second-order valence-electron chi connectivity index (χ2n) is 6.82. The summed E-state index contributed by atoms with van der Waals surface area (Å²) in [7, 11) is -4.13. The van der Waals surface area contributed by atoms with Crippen molar-refractivity contribution in [1.82, 2.24) is 4.90 Å². The molecule has 1 atom stereocenters. The Hall–Kier alpha value is -2.70. The zero-order valence-electron chi connectivity index (χ0n) is 15.9. The molecule has 0 aromatic heterocycles. The first-order valence-electron chi connectivity index (χ1n) is 9.20. The molecule has 1 saturated heterocycles. The normalized spacial score (nSPS) is 18.8. The summed E-state index contributed by atoms with van der Waals surface area (Å²) in [4.78, 5) is 27.1. The van der Waals surface area contributed by atoms with Gasteiger partial charge in [-0.25, -0.2) is 17.2 Å². The van der Waals surface area contributed by atoms with Gasteiger partial charge in [0.05, 0.1) is 29.5 Å². The molecule has 8 nitrogen and oxygen atoms in total. The number of nitrogens with one attached hydrogen (secondary N) is 2. The van der Waals surface area contributed by atoms with Crippen LogP contribution in [-0.2, 0) is 24.3 Å². The van der Waals surface area contributed by atoms with Gasteiger partial charge < -0.3 is 15.0 Å². The van der Waals surface area contributed by atoms with Gasteiger partial charge in [0.15, 0.2) is 16.9 Å². The van der Waals surface area contributed by atoms with E-state index in [-0.39, 0.29) is 22.2 Å². The van der Waals surface area contributed by atoms with Gasteiger partial charge in [-0.3, -0.25) is 14.3 Å². The van der Waals surface area contributed by atoms with E-state index in [9.17, 15) is 26.8 Å². The standard InChI is InChI=1S/C19H17F2N3O5S2/c20-13-3-1-11(9-14(13)21)23-31(27,28)12-2-4-16-15(10-12)22-18(25)17(30-16)19(26)24-5-7-29-8-6-24/h1-4,9-10,17,23H,5-8H2,(H,22,25)/t17-/m0/s1. The predicted octanol–water partition coefficient (Wildman–Crippen LogP) is 2.04. The molecule has 2 aromatic rings. The van der Waals surface area contributed by atoms with Crippen LogP contribution in [0, 0.1) is 11.6 Å². The molecular formula is C19H17F2N3O5S2. The van der Waals surface area contributed by atoms with Gasteiger partial charge in [0.1, 0.15) is 0 Å². The Balaban J connectivity index is 1.54. The topological polar surface area (TPSA) is 105 Å². The Morgan fingerprint density at radius 3 is 2.58 bits per heavy atom. The zero-order chi connectivity index (χ0) is 22.2. The summed E-state index contributed by atoms with van der Waals surface area (Å²) in [5.74, 6) is -3.16. The number of rotatable bonds is 4. The van der Waals surface area contributed by atoms with Gasteiger partial charge in [0.2, 0.25) is 11.8 Å². The summed E-state index contributed by atoms with van der Waals surface area (Å²) in [5.41, 5.74) is 0.0976. The first-order chi connectivity index (χ1) is 14.7. The Morgan fingerprint density at radius 1 is 1.13 bits per heavy atom. The molecule has 0 bridgehead atoms. The smallest absolute Gasteiger partial charge is 0.261 e. The van der Waals surface area contributed by atoms with Gasteiger partial charge in [0.25, 0.3) is 10.0 Å². The summed E-state index contributed by atoms with van der Waals surface area (Å²) in [6.45, 7) is 1.63. The first kappa shape index (κ1) is 21.5. The maximum atomic E-state index is 13.4. The summed E-state index contributed by atoms with van der Waals surface area (Å²) >= 11 is 1.04. The van der Waals surface area contributed by atoms with Crippen LogP contribution in [0.4, 0.5) is 20.2 Å². The highest BCUT2D eigenvalue weighted by molar-refractivity contribution is 8.01. The molecule has 2 amide bonds. The molecule has 2 N–H and O–H groups in total. The van der Waals surface area contributed by atoms with Crippen LogP contribution >= 0.6 is 11.8 Å². The van der Waals surface area contributed by atoms with Crippen LogP contribution in [0.15, 0.2) is 46.2 Å². The quantitative estimate of drug-likeness (QED) is 0.664. The lowest BCUT2D eigenvalue weighted by Gasteiger charge is -2.31. The largest absolute Gasteiger partial charge is 0.378 e. The van der Waals surface area contributed by atoms with Gasteiger partial charge in [-0.05, 0) is 30.3 Å². The molecule has 2 aromatic carbocycles. The van der Waals surface area contributed by atoms with Crippen molar-refractivity contribution >= 4 is 45.0 Å². The van der Waals surface area contributed by atoms with Crippen molar-refractivity contribution in [2.24, 2.45) is 0 Å². The van der Waals surface area contributed by atoms with Crippen molar-refractivity contribution in [1.29, 1.82) is 0 Å². The maximum absolute atomic E-state index is 13.4. The molecule has 2 heterocycles. The Kier molecular flexibility index (Phi) is 5.86. The molecule has 164 valence electrons. The third kappa shape index (κ3) is 4.50. The average molecular weight is 469 g/mol. The number of thioether (sulfide) groups is 1. The fraction of sp³-hybridized carbons (Fsp3) is 0.263. The monoisotopic (exact) mass is 469 g/mol. The van der Waals surface area contributed by atoms with E-state index in [1.807, 2.05) is 0 Å². The van der Waals surface area contributed by atoms with E-state index in [2.05, 4.69) is 10.0 Å². The molecule has 4 rings (SSSR count). The van der Waals surface area contributed by atoms with Crippen molar-refractivity contribution < 1.29 is 31.5 Å². The number of sulfonamides is 1. The summed E-state index contributed by atoms with van der Waals surface area (Å²) in [6, 6.07) is 6.67. The average Bonchev–Trinajstić information content (AvgIpc) is 2.75. The van der Waals surface area contributed by atoms with Crippen molar-refractivity contribution in [3.05, 3.63) is 48.0 Å². The van der Waals surface area contributed by atoms with Gasteiger partial charge in [-0.1, -0.05) is 0 Å². The molecular weight excluding hydrogens is 452 g/mol. The molecule has 2 aliphatic rings. The molecule has 0 saturated carbocycles. The van der Waals surface area contributed by atoms with Gasteiger partial charge >= 0.3 is 0 Å². The number of fused-ring (bicyclic) bond motifs is 1. The van der Waals surface area contributed by atoms with Crippen molar-refractivity contribution in [2.75, 3.05) is 36.3 Å². The first-order valence-corrected chi connectivity index (χ1v) is 11.6. The SMILES string of the molecule is O=C1Nc2cc(S(=O)(=O)Nc3ccc(F)c(F)c3)ccc2S[C@@H]1C(=O)N1CCOCC1. The minimum absolute atomic E-state index is 0.147. The number of hydrogen-bond donors (Lipinski definition) is 2. The van der Waals surface area contributed by atoms with Crippen LogP contribution in [0.5, 0.6) is 0 Å². The second-order valence-corrected chi connectivity index (χ2v) is 9.65. The molecule has 0 radical (unpaired) electrons. The number of amides is 2. The molecule has 0 aliphatic carbocycles. The van der Waals surface area contributed by atoms with Crippen molar-refractivity contribution in [2.45, 2.75) is 15.0 Å². The van der Waals surface area contributed by atoms with E-state index in [0.717, 1.165) is 30.0 Å². The van der Waals surface area contributed by atoms with Crippen LogP contribution in [0.2, 0.25) is 0 Å². The van der Waals surface area contributed by atoms with Gasteiger partial charge in [-0.2, -0.15) is 0 Å². The summed E-state index contributed by atoms with van der Waals surface area (Å²) < 4.78 is 59.1. The molecule has 31 heavy (non-hydrogen) atoms. The Morgan fingerprint density at radius 2 is 1.87 bits per heavy atom. The van der Waals surface area contributed by atoms with Gasteiger partial charge in [0, 0.05) is 24.1 Å². The molecule has 12 heteroatoms. The minimum Gasteiger partial charge on any atom is -0.378 e. The predicted molar refractivity (Wildman–Crippen MR) is 109 cm³/mol. The van der Waals surface area contributed by atoms with E-state index in [1.165, 1.54) is 18.2 Å². The highest BCUT2D eigenvalue weighted by atomic mass is 32.2. The zero-order valence-corrected chi connectivity index (χ0v) is 17.6. The number of anilines is 2. The number of nitrogens with zero attached hydrogens (tertiary/aromatic N) is 1. The second kappa shape index (κ2) is 8.44. The summed E-state index contributed by atoms with van der Waals surface area (Å²) in [5, 5.41) is 1.60. The Labute approximate surface area is 181 Å². The third-order valence-electron chi connectivity index (χ3n) is 4.72. The number of morpholine rings is 1. The van der Waals surface area contributed by atoms with E-state index >= 15 is 0 Å². The van der Waals surface area contributed by atoms with Crippen LogP contribution in [0.1, 0.15) is 0 Å². The number of carbonyl (C=O) groups is 2. The van der Waals surface area contributed by atoms with E-state index in [1.54, 1.807) is 4.90 Å². The van der Waals surface area contributed by atoms with Crippen molar-refractivity contribution in [3.8, 4) is 0 Å². The fourth-order valence-electron chi connectivity index (χ4n) is 3.14. The van der Waals surface area contributed by atoms with E-state index in [4.69, 9.17) is 4.74 Å². The molecule has 0 spiro atoms. The molecule has 2 aliphatic heterocycles. The lowest BCUT2D eigenvalue weighted by molar-refractivity contribution is -0.137. The number of hydrogen-bond acceptors (Lipinski definition) is 6. The highest BCUT2D eigenvalue weighted by Gasteiger charge is 2.36. The minimum atomic E-state index is -4.13. The maximum Gasteiger partial charge on any atom is 0.261 e. The molecule has 0 unspecified atom stereocenters. The Bertz CT molecular complexity index is 1150. The van der Waals surface area contributed by atoms with E-state index in [0.29, 0.717) is 31.2 Å². The lowest BCUT2D eigenvalue weighted by atomic mass is 10.2. The van der Waals surface area contributed by atoms with Crippen LogP contribution in [0.3, 0.4) is 0 Å². The van der Waals surface area contributed by atoms with Crippen LogP contribution in [0.25, 0.3) is 0 Å². The highest BCUT2D eigenvalue weighted by Crippen LogP contribution is 2.38. The van der Waals surface area contributed by atoms with Crippen LogP contribution in [-0.4, -0.2) is 56.7 Å². The molecule has 1 fully saturated rings. The van der Waals surface area contributed by atoms with Crippen LogP contribution < -0.4 is 10.0 Å². The van der Waals surface area contributed by atoms with Crippen molar-refractivity contribution in [3.63, 3.8) is 0 Å². The van der Waals surface area contributed by atoms with E-state index < -0.39 is 32.8 Å². The number of halogens is 2. The number of ether oxygens (including phenoxy) is 1. The van der Waals surface area contributed by atoms with Gasteiger partial charge in [-0.15, -0.1) is 11.8 Å².